The number of hydrogen-bond acceptors (Lipinski definition) is 2. The van der Waals surface area contributed by atoms with Gasteiger partial charge >= 0.3 is 0 Å². The number of aryl methyl sites for hydroxylation is 1. The van der Waals surface area contributed by atoms with Crippen molar-refractivity contribution < 1.29 is 9.59 Å². The minimum atomic E-state index is 0.0530. The average molecular weight is 429 g/mol. The van der Waals surface area contributed by atoms with Crippen molar-refractivity contribution in [2.75, 3.05) is 26.2 Å². The van der Waals surface area contributed by atoms with E-state index >= 15 is 0 Å². The van der Waals surface area contributed by atoms with Gasteiger partial charge in [0.2, 0.25) is 5.91 Å². The Morgan fingerprint density at radius 2 is 1.44 bits per heavy atom. The lowest BCUT2D eigenvalue weighted by atomic mass is 10.1. The molecular weight excluding hydrogens is 404 g/mol. The predicted octanol–water partition coefficient (Wildman–Crippen LogP) is 4.15. The van der Waals surface area contributed by atoms with Gasteiger partial charge in [0, 0.05) is 42.6 Å². The second kappa shape index (κ2) is 9.70. The molecule has 0 bridgehead atoms. The van der Waals surface area contributed by atoms with Gasteiger partial charge in [-0.3, -0.25) is 9.59 Å². The number of benzene rings is 2. The molecule has 0 aliphatic carbocycles. The first-order chi connectivity index (χ1) is 13.1. The first-order valence-corrected chi connectivity index (χ1v) is 10.3. The Labute approximate surface area is 169 Å². The summed E-state index contributed by atoms with van der Waals surface area (Å²) >= 11 is 3.44. The molecule has 1 fully saturated rings. The summed E-state index contributed by atoms with van der Waals surface area (Å²) in [6.07, 6.45) is 3.50. The lowest BCUT2D eigenvalue weighted by Crippen LogP contribution is -2.50. The molecule has 0 spiro atoms. The number of piperazine rings is 1. The van der Waals surface area contributed by atoms with Crippen LogP contribution < -0.4 is 0 Å². The zero-order valence-electron chi connectivity index (χ0n) is 15.4. The van der Waals surface area contributed by atoms with Gasteiger partial charge in [-0.05, 0) is 49.1 Å². The molecule has 0 saturated carbocycles. The summed E-state index contributed by atoms with van der Waals surface area (Å²) in [5.74, 6) is 0.259. The Kier molecular flexibility index (Phi) is 7.04. The van der Waals surface area contributed by atoms with Gasteiger partial charge in [-0.2, -0.15) is 0 Å². The number of carbonyl (C=O) groups excluding carboxylic acids is 2. The Hall–Kier alpha value is -2.14. The Bertz CT molecular complexity index is 754. The van der Waals surface area contributed by atoms with E-state index in [4.69, 9.17) is 0 Å². The van der Waals surface area contributed by atoms with Gasteiger partial charge in [0.25, 0.3) is 5.91 Å². The van der Waals surface area contributed by atoms with Gasteiger partial charge in [-0.25, -0.2) is 0 Å². The summed E-state index contributed by atoms with van der Waals surface area (Å²) in [6, 6.07) is 17.7. The maximum Gasteiger partial charge on any atom is 0.253 e. The van der Waals surface area contributed by atoms with Crippen LogP contribution in [0.2, 0.25) is 0 Å². The van der Waals surface area contributed by atoms with Crippen molar-refractivity contribution in [1.82, 2.24) is 9.80 Å². The monoisotopic (exact) mass is 428 g/mol. The molecule has 2 aromatic rings. The Morgan fingerprint density at radius 3 is 2.11 bits per heavy atom. The number of halogens is 1. The molecule has 2 amide bonds. The van der Waals surface area contributed by atoms with Gasteiger partial charge in [-0.1, -0.05) is 46.3 Å². The quantitative estimate of drug-likeness (QED) is 0.648. The maximum atomic E-state index is 12.5. The molecule has 4 nitrogen and oxygen atoms in total. The minimum Gasteiger partial charge on any atom is -0.339 e. The first-order valence-electron chi connectivity index (χ1n) is 9.50. The zero-order chi connectivity index (χ0) is 19.1. The fourth-order valence-electron chi connectivity index (χ4n) is 3.34. The van der Waals surface area contributed by atoms with Crippen molar-refractivity contribution in [3.63, 3.8) is 0 Å². The van der Waals surface area contributed by atoms with Crippen LogP contribution in [0.5, 0.6) is 0 Å². The standard InChI is InChI=1S/C22H25BrN2O2/c23-20-12-10-18(11-13-20)6-4-5-9-21(26)24-14-16-25(17-15-24)22(27)19-7-2-1-3-8-19/h1-3,7-8,10-13H,4-6,9,14-17H2. The highest BCUT2D eigenvalue weighted by atomic mass is 79.9. The number of amides is 2. The fraction of sp³-hybridized carbons (Fsp3) is 0.364. The third-order valence-corrected chi connectivity index (χ3v) is 5.49. The van der Waals surface area contributed by atoms with Crippen LogP contribution >= 0.6 is 15.9 Å². The van der Waals surface area contributed by atoms with Gasteiger partial charge in [0.1, 0.15) is 0 Å². The molecule has 1 aliphatic heterocycles. The summed E-state index contributed by atoms with van der Waals surface area (Å²) in [4.78, 5) is 28.6. The summed E-state index contributed by atoms with van der Waals surface area (Å²) in [6.45, 7) is 2.48. The second-order valence-corrected chi connectivity index (χ2v) is 7.79. The number of hydrogen-bond donors (Lipinski definition) is 0. The second-order valence-electron chi connectivity index (χ2n) is 6.87. The normalized spacial score (nSPS) is 14.3. The van der Waals surface area contributed by atoms with Crippen LogP contribution in [-0.2, 0) is 11.2 Å². The lowest BCUT2D eigenvalue weighted by Gasteiger charge is -2.35. The van der Waals surface area contributed by atoms with Crippen LogP contribution in [0.15, 0.2) is 59.1 Å². The van der Waals surface area contributed by atoms with E-state index in [9.17, 15) is 9.59 Å². The molecule has 5 heteroatoms. The third kappa shape index (κ3) is 5.67. The summed E-state index contributed by atoms with van der Waals surface area (Å²) in [7, 11) is 0. The van der Waals surface area contributed by atoms with E-state index < -0.39 is 0 Å². The predicted molar refractivity (Wildman–Crippen MR) is 111 cm³/mol. The molecule has 0 N–H and O–H groups in total. The first kappa shape index (κ1) is 19.6. The molecular formula is C22H25BrN2O2. The lowest BCUT2D eigenvalue weighted by molar-refractivity contribution is -0.132. The summed E-state index contributed by atoms with van der Waals surface area (Å²) in [5.41, 5.74) is 2.02. The molecule has 1 aliphatic rings. The molecule has 0 unspecified atom stereocenters. The maximum absolute atomic E-state index is 12.5. The van der Waals surface area contributed by atoms with Gasteiger partial charge in [0.05, 0.1) is 0 Å². The fourth-order valence-corrected chi connectivity index (χ4v) is 3.60. The van der Waals surface area contributed by atoms with E-state index in [0.717, 1.165) is 23.7 Å². The van der Waals surface area contributed by atoms with Gasteiger partial charge in [0.15, 0.2) is 0 Å². The van der Waals surface area contributed by atoms with E-state index in [0.29, 0.717) is 38.2 Å². The molecule has 142 valence electrons. The zero-order valence-corrected chi connectivity index (χ0v) is 17.0. The average Bonchev–Trinajstić information content (AvgIpc) is 2.72. The Morgan fingerprint density at radius 1 is 0.815 bits per heavy atom. The molecule has 1 heterocycles. The molecule has 1 saturated heterocycles. The van der Waals surface area contributed by atoms with Crippen molar-refractivity contribution in [1.29, 1.82) is 0 Å². The molecule has 0 aromatic heterocycles. The van der Waals surface area contributed by atoms with Gasteiger partial charge < -0.3 is 9.80 Å². The van der Waals surface area contributed by atoms with Crippen LogP contribution in [0.25, 0.3) is 0 Å². The van der Waals surface area contributed by atoms with Gasteiger partial charge in [-0.15, -0.1) is 0 Å². The number of rotatable bonds is 6. The van der Waals surface area contributed by atoms with Crippen molar-refractivity contribution in [3.05, 3.63) is 70.2 Å². The smallest absolute Gasteiger partial charge is 0.253 e. The number of carbonyl (C=O) groups is 2. The van der Waals surface area contributed by atoms with E-state index in [-0.39, 0.29) is 11.8 Å². The van der Waals surface area contributed by atoms with Crippen molar-refractivity contribution in [2.45, 2.75) is 25.7 Å². The highest BCUT2D eigenvalue weighted by molar-refractivity contribution is 9.10. The molecule has 0 radical (unpaired) electrons. The molecule has 27 heavy (non-hydrogen) atoms. The van der Waals surface area contributed by atoms with Crippen LogP contribution in [0.3, 0.4) is 0 Å². The summed E-state index contributed by atoms with van der Waals surface area (Å²) < 4.78 is 1.09. The highest BCUT2D eigenvalue weighted by Gasteiger charge is 2.24. The SMILES string of the molecule is O=C(CCCCc1ccc(Br)cc1)N1CCN(C(=O)c2ccccc2)CC1. The van der Waals surface area contributed by atoms with Crippen LogP contribution in [-0.4, -0.2) is 47.8 Å². The van der Waals surface area contributed by atoms with Crippen molar-refractivity contribution in [2.24, 2.45) is 0 Å². The van der Waals surface area contributed by atoms with Crippen LogP contribution in [0.4, 0.5) is 0 Å². The largest absolute Gasteiger partial charge is 0.339 e. The topological polar surface area (TPSA) is 40.6 Å². The number of nitrogens with zero attached hydrogens (tertiary/aromatic N) is 2. The molecule has 3 rings (SSSR count). The van der Waals surface area contributed by atoms with Crippen LogP contribution in [0, 0.1) is 0 Å². The van der Waals surface area contributed by atoms with E-state index in [2.05, 4.69) is 40.2 Å². The Balaban J connectivity index is 1.37. The van der Waals surface area contributed by atoms with Crippen LogP contribution in [0.1, 0.15) is 35.2 Å². The molecule has 2 aromatic carbocycles. The third-order valence-electron chi connectivity index (χ3n) is 4.96. The van der Waals surface area contributed by atoms with E-state index in [1.54, 1.807) is 0 Å². The van der Waals surface area contributed by atoms with Crippen molar-refractivity contribution in [3.8, 4) is 0 Å². The minimum absolute atomic E-state index is 0.0530. The highest BCUT2D eigenvalue weighted by Crippen LogP contribution is 2.14. The van der Waals surface area contributed by atoms with E-state index in [1.165, 1.54) is 5.56 Å². The van der Waals surface area contributed by atoms with Crippen molar-refractivity contribution >= 4 is 27.7 Å². The summed E-state index contributed by atoms with van der Waals surface area (Å²) in [5, 5.41) is 0. The van der Waals surface area contributed by atoms with E-state index in [1.807, 2.05) is 40.1 Å². The number of unbranched alkanes of at least 4 members (excludes halogenated alkanes) is 1. The molecule has 0 atom stereocenters.